The predicted octanol–water partition coefficient (Wildman–Crippen LogP) is 12.7. The van der Waals surface area contributed by atoms with Crippen LogP contribution in [0, 0.1) is 23.7 Å². The predicted molar refractivity (Wildman–Crippen MR) is 210 cm³/mol. The molecule has 2 heterocycles. The van der Waals surface area contributed by atoms with Gasteiger partial charge < -0.3 is 9.47 Å². The molecule has 2 aliphatic carbocycles. The van der Waals surface area contributed by atoms with Gasteiger partial charge in [0.25, 0.3) is 0 Å². The molecule has 4 aliphatic rings. The second-order valence-corrected chi connectivity index (χ2v) is 16.7. The molecule has 10 atom stereocenters. The van der Waals surface area contributed by atoms with Gasteiger partial charge in [0.1, 0.15) is 12.2 Å². The molecule has 3 fully saturated rings. The first-order valence-corrected chi connectivity index (χ1v) is 19.7. The zero-order valence-electron chi connectivity index (χ0n) is 28.3. The number of fused-ring (bicyclic) bond motifs is 2. The lowest BCUT2D eigenvalue weighted by atomic mass is 9.62. The first-order chi connectivity index (χ1) is 24.9. The van der Waals surface area contributed by atoms with Crippen LogP contribution in [0.5, 0.6) is 0 Å². The molecule has 0 N–H and O–H groups in total. The van der Waals surface area contributed by atoms with Crippen LogP contribution < -0.4 is 0 Å². The molecule has 4 aromatic carbocycles. The quantitative estimate of drug-likeness (QED) is 0.152. The molecule has 0 aromatic heterocycles. The third-order valence-electron chi connectivity index (χ3n) is 11.3. The second kappa shape index (κ2) is 15.6. The number of esters is 2. The average molecular weight is 817 g/mol. The van der Waals surface area contributed by atoms with Crippen LogP contribution in [-0.4, -0.2) is 24.1 Å². The van der Waals surface area contributed by atoms with Gasteiger partial charge in [-0.2, -0.15) is 0 Å². The Morgan fingerprint density at radius 3 is 1.54 bits per heavy atom. The van der Waals surface area contributed by atoms with E-state index in [-0.39, 0.29) is 71.5 Å². The van der Waals surface area contributed by atoms with Gasteiger partial charge in [-0.15, -0.1) is 0 Å². The molecule has 0 bridgehead atoms. The first kappa shape index (κ1) is 37.6. The van der Waals surface area contributed by atoms with E-state index in [4.69, 9.17) is 79.1 Å². The van der Waals surface area contributed by atoms with Crippen molar-refractivity contribution >= 4 is 81.5 Å². The number of hydrogen-bond acceptors (Lipinski definition) is 4. The van der Waals surface area contributed by atoms with Crippen molar-refractivity contribution in [3.05, 3.63) is 149 Å². The summed E-state index contributed by atoms with van der Waals surface area (Å²) in [6.45, 7) is 3.96. The van der Waals surface area contributed by atoms with E-state index in [1.807, 2.05) is 80.6 Å². The van der Waals surface area contributed by atoms with E-state index < -0.39 is 0 Å². The minimum atomic E-state index is -0.229. The van der Waals surface area contributed by atoms with Crippen LogP contribution in [0.3, 0.4) is 0 Å². The highest BCUT2D eigenvalue weighted by atomic mass is 35.5. The lowest BCUT2D eigenvalue weighted by molar-refractivity contribution is -0.144. The van der Waals surface area contributed by atoms with Crippen LogP contribution in [-0.2, 0) is 19.1 Å². The fourth-order valence-corrected chi connectivity index (χ4v) is 10.4. The molecule has 0 radical (unpaired) electrons. The van der Waals surface area contributed by atoms with Crippen molar-refractivity contribution < 1.29 is 19.1 Å². The average Bonchev–Trinajstić information content (AvgIpc) is 3.57. The zero-order valence-corrected chi connectivity index (χ0v) is 32.9. The van der Waals surface area contributed by atoms with E-state index in [2.05, 4.69) is 18.2 Å². The Morgan fingerprint density at radius 1 is 0.500 bits per heavy atom. The molecule has 4 nitrogen and oxygen atoms in total. The van der Waals surface area contributed by atoms with E-state index in [0.29, 0.717) is 30.1 Å². The molecule has 2 aliphatic heterocycles. The molecule has 270 valence electrons. The summed E-state index contributed by atoms with van der Waals surface area (Å²) in [5, 5.41) is 3.93. The third kappa shape index (κ3) is 7.37. The Labute approximate surface area is 334 Å². The van der Waals surface area contributed by atoms with Gasteiger partial charge in [0.15, 0.2) is 0 Å². The number of ether oxygens (including phenoxy) is 2. The van der Waals surface area contributed by atoms with Crippen LogP contribution in [0.15, 0.2) is 97.1 Å². The maximum absolute atomic E-state index is 12.3. The van der Waals surface area contributed by atoms with Gasteiger partial charge in [-0.05, 0) is 109 Å². The summed E-state index contributed by atoms with van der Waals surface area (Å²) in [6.07, 6.45) is 5.49. The molecular formula is C42H36Cl6O4. The van der Waals surface area contributed by atoms with Crippen LogP contribution in [0.1, 0.15) is 72.6 Å². The monoisotopic (exact) mass is 814 g/mol. The smallest absolute Gasteiger partial charge is 0.313 e. The van der Waals surface area contributed by atoms with Crippen molar-refractivity contribution in [2.75, 3.05) is 0 Å². The van der Waals surface area contributed by atoms with Crippen molar-refractivity contribution in [1.82, 2.24) is 0 Å². The van der Waals surface area contributed by atoms with Gasteiger partial charge in [0.2, 0.25) is 0 Å². The SMILES string of the molecule is C[C@H]1OC(=O)[C@@H]2C=C[C@@H](c3ccc(Cl)cc3Cl)[C@H](c3ccc(Cl)cc3)[C@H]12.C[C@H]1OC(=O)[C@@H]2CC[C@@H](c3ccc(Cl)cc3Cl)[C@H](c3ccc(Cl)cc3)[C@H]12. The molecule has 0 unspecified atom stereocenters. The van der Waals surface area contributed by atoms with Crippen LogP contribution in [0.4, 0.5) is 0 Å². The van der Waals surface area contributed by atoms with Crippen molar-refractivity contribution in [2.24, 2.45) is 23.7 Å². The topological polar surface area (TPSA) is 52.6 Å². The summed E-state index contributed by atoms with van der Waals surface area (Å²) in [7, 11) is 0. The van der Waals surface area contributed by atoms with Gasteiger partial charge in [0, 0.05) is 53.8 Å². The molecule has 8 rings (SSSR count). The van der Waals surface area contributed by atoms with E-state index >= 15 is 0 Å². The normalized spacial score (nSPS) is 30.5. The third-order valence-corrected chi connectivity index (χ3v) is 12.9. The number of carbonyl (C=O) groups excluding carboxylic acids is 2. The summed E-state index contributed by atoms with van der Waals surface area (Å²) < 4.78 is 11.1. The second-order valence-electron chi connectivity index (χ2n) is 14.2. The molecule has 0 spiro atoms. The molecule has 1 saturated carbocycles. The van der Waals surface area contributed by atoms with E-state index in [0.717, 1.165) is 29.5 Å². The van der Waals surface area contributed by atoms with Gasteiger partial charge in [-0.3, -0.25) is 9.59 Å². The number of cyclic esters (lactones) is 2. The molecule has 0 amide bonds. The van der Waals surface area contributed by atoms with E-state index in [9.17, 15) is 9.59 Å². The number of benzene rings is 4. The highest BCUT2D eigenvalue weighted by Crippen LogP contribution is 2.56. The molecular weight excluding hydrogens is 781 g/mol. The number of halogens is 6. The van der Waals surface area contributed by atoms with Gasteiger partial charge >= 0.3 is 11.9 Å². The van der Waals surface area contributed by atoms with Crippen molar-refractivity contribution in [1.29, 1.82) is 0 Å². The highest BCUT2D eigenvalue weighted by molar-refractivity contribution is 6.35. The number of carbonyl (C=O) groups is 2. The minimum absolute atomic E-state index is 0.0270. The number of hydrogen-bond donors (Lipinski definition) is 0. The maximum Gasteiger partial charge on any atom is 0.313 e. The highest BCUT2D eigenvalue weighted by Gasteiger charge is 2.53. The largest absolute Gasteiger partial charge is 0.462 e. The molecule has 2 saturated heterocycles. The van der Waals surface area contributed by atoms with E-state index in [1.54, 1.807) is 12.1 Å². The van der Waals surface area contributed by atoms with Crippen LogP contribution in [0.2, 0.25) is 30.1 Å². The lowest BCUT2D eigenvalue weighted by Crippen LogP contribution is -2.35. The fourth-order valence-electron chi connectivity index (χ4n) is 9.08. The Kier molecular flexibility index (Phi) is 11.3. The molecule has 4 aromatic rings. The summed E-state index contributed by atoms with van der Waals surface area (Å²) in [6, 6.07) is 27.0. The lowest BCUT2D eigenvalue weighted by Gasteiger charge is -2.40. The summed E-state index contributed by atoms with van der Waals surface area (Å²) >= 11 is 37.4. The Balaban J connectivity index is 0.000000162. The summed E-state index contributed by atoms with van der Waals surface area (Å²) in [5.41, 5.74) is 4.37. The Bertz CT molecular complexity index is 2000. The van der Waals surface area contributed by atoms with Crippen molar-refractivity contribution in [3.63, 3.8) is 0 Å². The number of allylic oxidation sites excluding steroid dienone is 1. The zero-order chi connectivity index (χ0) is 36.8. The molecule has 52 heavy (non-hydrogen) atoms. The van der Waals surface area contributed by atoms with Gasteiger partial charge in [0.05, 0.1) is 11.8 Å². The maximum atomic E-state index is 12.3. The van der Waals surface area contributed by atoms with Crippen molar-refractivity contribution in [3.8, 4) is 0 Å². The Hall–Kier alpha value is -2.70. The van der Waals surface area contributed by atoms with Crippen LogP contribution in [0.25, 0.3) is 0 Å². The van der Waals surface area contributed by atoms with Crippen LogP contribution >= 0.6 is 69.6 Å². The minimum Gasteiger partial charge on any atom is -0.462 e. The standard InChI is InChI=1S/C21H19Cl3O2.C21H17Cl3O2/c2*1-11-19-17(21(25)26-11)9-8-16(15-7-6-14(23)10-18(15)24)20(19)12-2-4-13(22)5-3-12/h2-7,10-11,16-17,19-20H,8-9H2,1H3;2-11,16-17,19-20H,1H3/t2*11-,16+,17-,19-,20+/m11/s1. The first-order valence-electron chi connectivity index (χ1n) is 17.4. The van der Waals surface area contributed by atoms with Gasteiger partial charge in [-0.1, -0.05) is 118 Å². The van der Waals surface area contributed by atoms with Crippen molar-refractivity contribution in [2.45, 2.75) is 62.6 Å². The Morgan fingerprint density at radius 2 is 0.962 bits per heavy atom. The summed E-state index contributed by atoms with van der Waals surface area (Å²) in [5.74, 6) is 0.118. The fraction of sp³-hybridized carbons (Fsp3) is 0.333. The summed E-state index contributed by atoms with van der Waals surface area (Å²) in [4.78, 5) is 24.6. The molecule has 10 heteroatoms. The number of rotatable bonds is 4. The van der Waals surface area contributed by atoms with Gasteiger partial charge in [-0.25, -0.2) is 0 Å². The van der Waals surface area contributed by atoms with E-state index in [1.165, 1.54) is 5.56 Å².